The zero-order chi connectivity index (χ0) is 10.8. The molecule has 0 fully saturated rings. The van der Waals surface area contributed by atoms with Gasteiger partial charge in [-0.1, -0.05) is 33.1 Å². The van der Waals surface area contributed by atoms with Gasteiger partial charge in [0.1, 0.15) is 6.61 Å². The molecule has 84 valence electrons. The minimum absolute atomic E-state index is 0.0116. The Hall–Kier alpha value is -0.570. The summed E-state index contributed by atoms with van der Waals surface area (Å²) in [4.78, 5) is 11.1. The second-order valence-electron chi connectivity index (χ2n) is 3.65. The number of hydrogen-bond acceptors (Lipinski definition) is 2. The van der Waals surface area contributed by atoms with Crippen molar-refractivity contribution in [3.8, 4) is 0 Å². The molecule has 3 nitrogen and oxygen atoms in total. The lowest BCUT2D eigenvalue weighted by Gasteiger charge is -2.14. The van der Waals surface area contributed by atoms with Crippen molar-refractivity contribution in [1.82, 2.24) is 5.32 Å². The number of carbonyl (C=O) groups is 1. The SMILES string of the molecule is CCCCC(CC)CNC(=O)COC. The van der Waals surface area contributed by atoms with Gasteiger partial charge in [0.05, 0.1) is 0 Å². The van der Waals surface area contributed by atoms with Crippen LogP contribution in [0.25, 0.3) is 0 Å². The number of carbonyl (C=O) groups excluding carboxylic acids is 1. The van der Waals surface area contributed by atoms with Gasteiger partial charge in [-0.05, 0) is 12.3 Å². The molecule has 0 aliphatic rings. The van der Waals surface area contributed by atoms with Crippen molar-refractivity contribution in [2.45, 2.75) is 39.5 Å². The lowest BCUT2D eigenvalue weighted by molar-refractivity contribution is -0.124. The topological polar surface area (TPSA) is 38.3 Å². The van der Waals surface area contributed by atoms with Gasteiger partial charge >= 0.3 is 0 Å². The second-order valence-corrected chi connectivity index (χ2v) is 3.65. The molecule has 14 heavy (non-hydrogen) atoms. The van der Waals surface area contributed by atoms with Crippen molar-refractivity contribution in [2.75, 3.05) is 20.3 Å². The molecule has 0 heterocycles. The largest absolute Gasteiger partial charge is 0.375 e. The van der Waals surface area contributed by atoms with E-state index in [0.29, 0.717) is 5.92 Å². The van der Waals surface area contributed by atoms with Crippen molar-refractivity contribution in [1.29, 1.82) is 0 Å². The molecule has 0 aliphatic heterocycles. The van der Waals surface area contributed by atoms with Gasteiger partial charge in [0, 0.05) is 13.7 Å². The monoisotopic (exact) mass is 201 g/mol. The van der Waals surface area contributed by atoms with Gasteiger partial charge in [0.2, 0.25) is 5.91 Å². The Bertz CT molecular complexity index is 148. The highest BCUT2D eigenvalue weighted by Gasteiger charge is 2.07. The first-order valence-electron chi connectivity index (χ1n) is 5.50. The van der Waals surface area contributed by atoms with Crippen molar-refractivity contribution in [3.63, 3.8) is 0 Å². The lowest BCUT2D eigenvalue weighted by atomic mass is 9.99. The van der Waals surface area contributed by atoms with Crippen LogP contribution >= 0.6 is 0 Å². The summed E-state index contributed by atoms with van der Waals surface area (Å²) in [5, 5.41) is 2.88. The smallest absolute Gasteiger partial charge is 0.245 e. The summed E-state index contributed by atoms with van der Waals surface area (Å²) in [6.45, 7) is 5.32. The van der Waals surface area contributed by atoms with Crippen LogP contribution in [0.3, 0.4) is 0 Å². The van der Waals surface area contributed by atoms with Crippen LogP contribution in [0, 0.1) is 5.92 Å². The number of methoxy groups -OCH3 is 1. The van der Waals surface area contributed by atoms with Crippen molar-refractivity contribution in [3.05, 3.63) is 0 Å². The van der Waals surface area contributed by atoms with E-state index in [1.54, 1.807) is 0 Å². The molecular formula is C11H23NO2. The van der Waals surface area contributed by atoms with E-state index in [1.807, 2.05) is 0 Å². The summed E-state index contributed by atoms with van der Waals surface area (Å²) in [6.07, 6.45) is 4.81. The fourth-order valence-electron chi connectivity index (χ4n) is 1.38. The first kappa shape index (κ1) is 13.4. The molecule has 0 rings (SSSR count). The number of hydrogen-bond donors (Lipinski definition) is 1. The third-order valence-corrected chi connectivity index (χ3v) is 2.41. The molecule has 1 amide bonds. The Morgan fingerprint density at radius 1 is 1.43 bits per heavy atom. The molecule has 0 spiro atoms. The Labute approximate surface area is 87.2 Å². The van der Waals surface area contributed by atoms with Gasteiger partial charge in [0.15, 0.2) is 0 Å². The normalized spacial score (nSPS) is 12.5. The molecule has 0 aliphatic carbocycles. The van der Waals surface area contributed by atoms with Gasteiger partial charge in [-0.15, -0.1) is 0 Å². The summed E-state index contributed by atoms with van der Waals surface area (Å²) in [5.74, 6) is 0.609. The third-order valence-electron chi connectivity index (χ3n) is 2.41. The van der Waals surface area contributed by atoms with E-state index in [2.05, 4.69) is 19.2 Å². The number of amides is 1. The van der Waals surface area contributed by atoms with Crippen LogP contribution in [0.2, 0.25) is 0 Å². The Morgan fingerprint density at radius 2 is 2.14 bits per heavy atom. The number of rotatable bonds is 8. The highest BCUT2D eigenvalue weighted by molar-refractivity contribution is 5.77. The molecule has 0 saturated heterocycles. The summed E-state index contributed by atoms with van der Waals surface area (Å²) in [5.41, 5.74) is 0. The fourth-order valence-corrected chi connectivity index (χ4v) is 1.38. The second kappa shape index (κ2) is 9.00. The van der Waals surface area contributed by atoms with Crippen molar-refractivity contribution in [2.24, 2.45) is 5.92 Å². The van der Waals surface area contributed by atoms with Crippen LogP contribution in [0.1, 0.15) is 39.5 Å². The minimum Gasteiger partial charge on any atom is -0.375 e. The highest BCUT2D eigenvalue weighted by Crippen LogP contribution is 2.10. The summed E-state index contributed by atoms with van der Waals surface area (Å²) >= 11 is 0. The van der Waals surface area contributed by atoms with E-state index in [-0.39, 0.29) is 12.5 Å². The molecule has 0 aromatic rings. The first-order valence-corrected chi connectivity index (χ1v) is 5.50. The van der Waals surface area contributed by atoms with Gasteiger partial charge in [-0.2, -0.15) is 0 Å². The summed E-state index contributed by atoms with van der Waals surface area (Å²) in [7, 11) is 1.54. The molecule has 0 saturated carbocycles. The maximum absolute atomic E-state index is 11.1. The first-order chi connectivity index (χ1) is 6.74. The average Bonchev–Trinajstić information content (AvgIpc) is 2.19. The molecule has 1 atom stereocenters. The Morgan fingerprint density at radius 3 is 2.64 bits per heavy atom. The van der Waals surface area contributed by atoms with E-state index < -0.39 is 0 Å². The maximum Gasteiger partial charge on any atom is 0.245 e. The molecule has 0 bridgehead atoms. The molecule has 0 radical (unpaired) electrons. The van der Waals surface area contributed by atoms with Crippen LogP contribution in [-0.4, -0.2) is 26.2 Å². The van der Waals surface area contributed by atoms with Crippen LogP contribution in [0.15, 0.2) is 0 Å². The zero-order valence-electron chi connectivity index (χ0n) is 9.64. The van der Waals surface area contributed by atoms with Crippen LogP contribution in [0.4, 0.5) is 0 Å². The van der Waals surface area contributed by atoms with Crippen LogP contribution in [0.5, 0.6) is 0 Å². The van der Waals surface area contributed by atoms with Gasteiger partial charge in [0.25, 0.3) is 0 Å². The number of ether oxygens (including phenoxy) is 1. The highest BCUT2D eigenvalue weighted by atomic mass is 16.5. The van der Waals surface area contributed by atoms with Crippen LogP contribution < -0.4 is 5.32 Å². The predicted octanol–water partition coefficient (Wildman–Crippen LogP) is 1.97. The molecule has 0 aromatic heterocycles. The average molecular weight is 201 g/mol. The van der Waals surface area contributed by atoms with E-state index in [0.717, 1.165) is 13.0 Å². The van der Waals surface area contributed by atoms with Gasteiger partial charge in [-0.3, -0.25) is 4.79 Å². The van der Waals surface area contributed by atoms with E-state index >= 15 is 0 Å². The van der Waals surface area contributed by atoms with Crippen LogP contribution in [-0.2, 0) is 9.53 Å². The predicted molar refractivity (Wildman–Crippen MR) is 58.2 cm³/mol. The Balaban J connectivity index is 3.55. The molecule has 1 unspecified atom stereocenters. The van der Waals surface area contributed by atoms with Gasteiger partial charge < -0.3 is 10.1 Å². The number of unbranched alkanes of at least 4 members (excludes halogenated alkanes) is 1. The standard InChI is InChI=1S/C11H23NO2/c1-4-6-7-10(5-2)8-12-11(13)9-14-3/h10H,4-9H2,1-3H3,(H,12,13). The van der Waals surface area contributed by atoms with Crippen molar-refractivity contribution >= 4 is 5.91 Å². The Kier molecular flexibility index (Phi) is 8.64. The fraction of sp³-hybridized carbons (Fsp3) is 0.909. The third kappa shape index (κ3) is 6.89. The lowest BCUT2D eigenvalue weighted by Crippen LogP contribution is -2.31. The van der Waals surface area contributed by atoms with E-state index in [1.165, 1.54) is 26.4 Å². The van der Waals surface area contributed by atoms with Gasteiger partial charge in [-0.25, -0.2) is 0 Å². The van der Waals surface area contributed by atoms with Crippen molar-refractivity contribution < 1.29 is 9.53 Å². The molecule has 3 heteroatoms. The summed E-state index contributed by atoms with van der Waals surface area (Å²) < 4.78 is 4.74. The molecule has 0 aromatic carbocycles. The minimum atomic E-state index is -0.0116. The van der Waals surface area contributed by atoms with E-state index in [9.17, 15) is 4.79 Å². The molecule has 1 N–H and O–H groups in total. The quantitative estimate of drug-likeness (QED) is 0.652. The van der Waals surface area contributed by atoms with E-state index in [4.69, 9.17) is 4.74 Å². The zero-order valence-corrected chi connectivity index (χ0v) is 9.64. The maximum atomic E-state index is 11.1. The summed E-state index contributed by atoms with van der Waals surface area (Å²) in [6, 6.07) is 0. The molecular weight excluding hydrogens is 178 g/mol. The number of nitrogens with one attached hydrogen (secondary N) is 1.